The molecule has 1 heterocycles. The standard InChI is InChI=1S/C14H19NO3/c1-10-5-3-4-6-12(10)15-13(14(16)17-2)11-7-8-18-9-11/h3-6,11,13,15H,7-9H2,1-2H3. The number of nitrogens with one attached hydrogen (secondary N) is 1. The molecule has 0 bridgehead atoms. The molecule has 18 heavy (non-hydrogen) atoms. The van der Waals surface area contributed by atoms with E-state index in [1.807, 2.05) is 31.2 Å². The molecule has 98 valence electrons. The molecule has 1 fully saturated rings. The molecule has 0 spiro atoms. The monoisotopic (exact) mass is 249 g/mol. The van der Waals surface area contributed by atoms with Gasteiger partial charge >= 0.3 is 5.97 Å². The molecule has 0 radical (unpaired) electrons. The Kier molecular flexibility index (Phi) is 4.20. The molecule has 1 saturated heterocycles. The van der Waals surface area contributed by atoms with Gasteiger partial charge in [0.15, 0.2) is 0 Å². The van der Waals surface area contributed by atoms with Crippen molar-refractivity contribution >= 4 is 11.7 Å². The first-order valence-electron chi connectivity index (χ1n) is 6.20. The number of benzene rings is 1. The van der Waals surface area contributed by atoms with Crippen molar-refractivity contribution in [3.8, 4) is 0 Å². The molecule has 0 saturated carbocycles. The van der Waals surface area contributed by atoms with Crippen molar-refractivity contribution < 1.29 is 14.3 Å². The van der Waals surface area contributed by atoms with Crippen LogP contribution < -0.4 is 5.32 Å². The Labute approximate surface area is 107 Å². The number of ether oxygens (including phenoxy) is 2. The fraction of sp³-hybridized carbons (Fsp3) is 0.500. The summed E-state index contributed by atoms with van der Waals surface area (Å²) in [5.74, 6) is -0.0502. The van der Waals surface area contributed by atoms with Crippen LogP contribution in [0, 0.1) is 12.8 Å². The summed E-state index contributed by atoms with van der Waals surface area (Å²) in [7, 11) is 1.42. The molecular formula is C14H19NO3. The Balaban J connectivity index is 2.14. The zero-order valence-corrected chi connectivity index (χ0v) is 10.8. The summed E-state index contributed by atoms with van der Waals surface area (Å²) in [4.78, 5) is 11.9. The van der Waals surface area contributed by atoms with Crippen LogP contribution in [0.1, 0.15) is 12.0 Å². The molecule has 1 aromatic carbocycles. The van der Waals surface area contributed by atoms with Gasteiger partial charge in [0.05, 0.1) is 13.7 Å². The van der Waals surface area contributed by atoms with Gasteiger partial charge in [0, 0.05) is 18.2 Å². The average molecular weight is 249 g/mol. The number of esters is 1. The molecule has 1 aliphatic heterocycles. The molecular weight excluding hydrogens is 230 g/mol. The van der Waals surface area contributed by atoms with Crippen LogP contribution in [-0.2, 0) is 14.3 Å². The van der Waals surface area contributed by atoms with E-state index in [1.54, 1.807) is 0 Å². The normalized spacial score (nSPS) is 20.4. The van der Waals surface area contributed by atoms with Crippen LogP contribution in [0.4, 0.5) is 5.69 Å². The summed E-state index contributed by atoms with van der Waals surface area (Å²) in [6, 6.07) is 7.59. The summed E-state index contributed by atoms with van der Waals surface area (Å²) in [5.41, 5.74) is 2.09. The zero-order chi connectivity index (χ0) is 13.0. The third-order valence-electron chi connectivity index (χ3n) is 3.35. The van der Waals surface area contributed by atoms with Gasteiger partial charge in [-0.15, -0.1) is 0 Å². The number of carbonyl (C=O) groups is 1. The number of para-hydroxylation sites is 1. The second kappa shape index (κ2) is 5.87. The van der Waals surface area contributed by atoms with Crippen molar-refractivity contribution in [2.24, 2.45) is 5.92 Å². The molecule has 0 aliphatic carbocycles. The van der Waals surface area contributed by atoms with Gasteiger partial charge in [-0.3, -0.25) is 0 Å². The van der Waals surface area contributed by atoms with Crippen LogP contribution in [0.2, 0.25) is 0 Å². The second-order valence-corrected chi connectivity index (χ2v) is 4.58. The minimum atomic E-state index is -0.335. The Morgan fingerprint density at radius 1 is 1.50 bits per heavy atom. The lowest BCUT2D eigenvalue weighted by Crippen LogP contribution is -2.38. The average Bonchev–Trinajstić information content (AvgIpc) is 2.90. The van der Waals surface area contributed by atoms with Crippen molar-refractivity contribution in [2.45, 2.75) is 19.4 Å². The lowest BCUT2D eigenvalue weighted by Gasteiger charge is -2.23. The van der Waals surface area contributed by atoms with E-state index in [0.29, 0.717) is 13.2 Å². The SMILES string of the molecule is COC(=O)C(Nc1ccccc1C)C1CCOC1. The third-order valence-corrected chi connectivity index (χ3v) is 3.35. The summed E-state index contributed by atoms with van der Waals surface area (Å²) in [6.45, 7) is 3.34. The number of carbonyl (C=O) groups excluding carboxylic acids is 1. The number of hydrogen-bond acceptors (Lipinski definition) is 4. The molecule has 0 aromatic heterocycles. The Morgan fingerprint density at radius 3 is 2.89 bits per heavy atom. The first kappa shape index (κ1) is 12.9. The lowest BCUT2D eigenvalue weighted by atomic mass is 9.98. The predicted octanol–water partition coefficient (Wildman–Crippen LogP) is 1.99. The maximum absolute atomic E-state index is 11.9. The van der Waals surface area contributed by atoms with Crippen LogP contribution in [0.3, 0.4) is 0 Å². The van der Waals surface area contributed by atoms with E-state index in [1.165, 1.54) is 7.11 Å². The van der Waals surface area contributed by atoms with Crippen LogP contribution >= 0.6 is 0 Å². The second-order valence-electron chi connectivity index (χ2n) is 4.58. The largest absolute Gasteiger partial charge is 0.467 e. The molecule has 4 heteroatoms. The van der Waals surface area contributed by atoms with Crippen molar-refractivity contribution in [3.05, 3.63) is 29.8 Å². The molecule has 1 aromatic rings. The Bertz CT molecular complexity index is 413. The molecule has 2 atom stereocenters. The minimum Gasteiger partial charge on any atom is -0.467 e. The van der Waals surface area contributed by atoms with Crippen molar-refractivity contribution in [2.75, 3.05) is 25.6 Å². The van der Waals surface area contributed by atoms with Crippen molar-refractivity contribution in [3.63, 3.8) is 0 Å². The smallest absolute Gasteiger partial charge is 0.328 e. The van der Waals surface area contributed by atoms with E-state index in [0.717, 1.165) is 17.7 Å². The minimum absolute atomic E-state index is 0.178. The van der Waals surface area contributed by atoms with E-state index in [2.05, 4.69) is 5.32 Å². The van der Waals surface area contributed by atoms with Gasteiger partial charge in [0.1, 0.15) is 6.04 Å². The van der Waals surface area contributed by atoms with Gasteiger partial charge in [0.2, 0.25) is 0 Å². The Morgan fingerprint density at radius 2 is 2.28 bits per heavy atom. The van der Waals surface area contributed by atoms with E-state index in [9.17, 15) is 4.79 Å². The fourth-order valence-electron chi connectivity index (χ4n) is 2.21. The summed E-state index contributed by atoms with van der Waals surface area (Å²) in [5, 5.41) is 3.29. The van der Waals surface area contributed by atoms with E-state index in [4.69, 9.17) is 9.47 Å². The highest BCUT2D eigenvalue weighted by Crippen LogP contribution is 2.23. The molecule has 0 amide bonds. The van der Waals surface area contributed by atoms with E-state index >= 15 is 0 Å². The van der Waals surface area contributed by atoms with Gasteiger partial charge in [-0.1, -0.05) is 18.2 Å². The van der Waals surface area contributed by atoms with Crippen molar-refractivity contribution in [1.82, 2.24) is 0 Å². The van der Waals surface area contributed by atoms with E-state index in [-0.39, 0.29) is 17.9 Å². The van der Waals surface area contributed by atoms with Crippen molar-refractivity contribution in [1.29, 1.82) is 0 Å². The quantitative estimate of drug-likeness (QED) is 0.829. The summed E-state index contributed by atoms with van der Waals surface area (Å²) in [6.07, 6.45) is 0.888. The number of hydrogen-bond donors (Lipinski definition) is 1. The van der Waals surface area contributed by atoms with Gasteiger partial charge in [0.25, 0.3) is 0 Å². The van der Waals surface area contributed by atoms with Gasteiger partial charge in [-0.05, 0) is 25.0 Å². The van der Waals surface area contributed by atoms with Crippen LogP contribution in [-0.4, -0.2) is 32.3 Å². The first-order chi connectivity index (χ1) is 8.72. The van der Waals surface area contributed by atoms with Gasteiger partial charge in [-0.2, -0.15) is 0 Å². The Hall–Kier alpha value is -1.55. The number of rotatable bonds is 4. The van der Waals surface area contributed by atoms with E-state index < -0.39 is 0 Å². The number of methoxy groups -OCH3 is 1. The summed E-state index contributed by atoms with van der Waals surface area (Å²) < 4.78 is 10.2. The number of anilines is 1. The highest BCUT2D eigenvalue weighted by atomic mass is 16.5. The molecule has 2 rings (SSSR count). The topological polar surface area (TPSA) is 47.6 Å². The lowest BCUT2D eigenvalue weighted by molar-refractivity contribution is -0.142. The fourth-order valence-corrected chi connectivity index (χ4v) is 2.21. The van der Waals surface area contributed by atoms with Crippen LogP contribution in [0.15, 0.2) is 24.3 Å². The first-order valence-corrected chi connectivity index (χ1v) is 6.20. The van der Waals surface area contributed by atoms with Crippen LogP contribution in [0.25, 0.3) is 0 Å². The maximum atomic E-state index is 11.9. The highest BCUT2D eigenvalue weighted by molar-refractivity contribution is 5.80. The molecule has 1 N–H and O–H groups in total. The number of aryl methyl sites for hydroxylation is 1. The maximum Gasteiger partial charge on any atom is 0.328 e. The van der Waals surface area contributed by atoms with Crippen LogP contribution in [0.5, 0.6) is 0 Å². The summed E-state index contributed by atoms with van der Waals surface area (Å²) >= 11 is 0. The van der Waals surface area contributed by atoms with Gasteiger partial charge in [-0.25, -0.2) is 4.79 Å². The zero-order valence-electron chi connectivity index (χ0n) is 10.8. The van der Waals surface area contributed by atoms with Gasteiger partial charge < -0.3 is 14.8 Å². The molecule has 1 aliphatic rings. The predicted molar refractivity (Wildman–Crippen MR) is 69.5 cm³/mol. The molecule has 4 nitrogen and oxygen atoms in total. The third kappa shape index (κ3) is 2.82. The molecule has 2 unspecified atom stereocenters. The highest BCUT2D eigenvalue weighted by Gasteiger charge is 2.32.